The Morgan fingerprint density at radius 3 is 2.19 bits per heavy atom. The fourth-order valence-electron chi connectivity index (χ4n) is 2.16. The first-order chi connectivity index (χ1) is 14.3. The van der Waals surface area contributed by atoms with E-state index >= 15 is 0 Å². The molecule has 1 aromatic heterocycles. The van der Waals surface area contributed by atoms with E-state index in [1.54, 1.807) is 6.92 Å². The van der Waals surface area contributed by atoms with Gasteiger partial charge in [-0.3, -0.25) is 10.2 Å². The zero-order chi connectivity index (χ0) is 23.4. The summed E-state index contributed by atoms with van der Waals surface area (Å²) in [5.74, 6) is -2.64. The molecule has 0 atom stereocenters. The normalized spacial score (nSPS) is 11.8. The van der Waals surface area contributed by atoms with Crippen molar-refractivity contribution in [3.8, 4) is 11.8 Å². The molecule has 0 aliphatic carbocycles. The van der Waals surface area contributed by atoms with Gasteiger partial charge in [-0.1, -0.05) is 0 Å². The molecule has 31 heavy (non-hydrogen) atoms. The summed E-state index contributed by atoms with van der Waals surface area (Å²) in [4.78, 5) is 20.3. The van der Waals surface area contributed by atoms with Crippen LogP contribution in [0.4, 0.5) is 47.2 Å². The first-order valence-corrected chi connectivity index (χ1v) is 8.43. The van der Waals surface area contributed by atoms with Gasteiger partial charge >= 0.3 is 18.4 Å². The zero-order valence-corrected chi connectivity index (χ0v) is 15.9. The van der Waals surface area contributed by atoms with Crippen LogP contribution in [-0.2, 0) is 6.18 Å². The highest BCUT2D eigenvalue weighted by molar-refractivity contribution is 6.00. The van der Waals surface area contributed by atoms with Crippen molar-refractivity contribution < 1.29 is 45.0 Å². The minimum absolute atomic E-state index is 0.0831. The maximum Gasteiger partial charge on any atom is 0.422 e. The van der Waals surface area contributed by atoms with Crippen molar-refractivity contribution in [2.45, 2.75) is 19.3 Å². The van der Waals surface area contributed by atoms with Crippen molar-refractivity contribution in [3.05, 3.63) is 35.6 Å². The van der Waals surface area contributed by atoms with Gasteiger partial charge in [0, 0.05) is 7.05 Å². The molecule has 170 valence electrons. The van der Waals surface area contributed by atoms with Crippen LogP contribution in [0.3, 0.4) is 0 Å². The molecule has 14 heteroatoms. The molecule has 2 amide bonds. The number of benzene rings is 1. The Hall–Kier alpha value is -3.32. The van der Waals surface area contributed by atoms with Crippen LogP contribution in [0, 0.1) is 5.82 Å². The molecular formula is C17H15F7N4O3. The highest BCUT2D eigenvalue weighted by Crippen LogP contribution is 2.32. The largest absolute Gasteiger partial charge is 0.478 e. The molecule has 0 aliphatic heterocycles. The second kappa shape index (κ2) is 9.22. The van der Waals surface area contributed by atoms with Crippen LogP contribution in [0.15, 0.2) is 24.3 Å². The molecule has 0 fully saturated rings. The average Bonchev–Trinajstić information content (AvgIpc) is 2.64. The van der Waals surface area contributed by atoms with E-state index in [0.717, 1.165) is 19.2 Å². The molecule has 7 nitrogen and oxygen atoms in total. The number of urea groups is 1. The van der Waals surface area contributed by atoms with Crippen molar-refractivity contribution in [3.63, 3.8) is 0 Å². The van der Waals surface area contributed by atoms with E-state index in [4.69, 9.17) is 4.74 Å². The van der Waals surface area contributed by atoms with Gasteiger partial charge in [-0.2, -0.15) is 36.3 Å². The number of carbonyl (C=O) groups is 1. The third kappa shape index (κ3) is 6.86. The molecule has 0 unspecified atom stereocenters. The molecule has 1 N–H and O–H groups in total. The smallest absolute Gasteiger partial charge is 0.422 e. The number of rotatable bonds is 6. The molecule has 1 heterocycles. The highest BCUT2D eigenvalue weighted by atomic mass is 19.4. The van der Waals surface area contributed by atoms with E-state index in [1.165, 1.54) is 0 Å². The first kappa shape index (κ1) is 24.0. The van der Waals surface area contributed by atoms with Crippen LogP contribution in [0.1, 0.15) is 12.5 Å². The minimum atomic E-state index is -4.78. The zero-order valence-electron chi connectivity index (χ0n) is 15.9. The third-order valence-electron chi connectivity index (χ3n) is 3.51. The van der Waals surface area contributed by atoms with Gasteiger partial charge in [0.25, 0.3) is 0 Å². The summed E-state index contributed by atoms with van der Waals surface area (Å²) >= 11 is 0. The van der Waals surface area contributed by atoms with Crippen molar-refractivity contribution in [2.75, 3.05) is 30.5 Å². The molecule has 0 radical (unpaired) electrons. The standard InChI is InChI=1S/C17H15F7N4O3/c1-3-30-12-7-13(31-8-16(19,20)21)26-14(25-12)27-15(29)28(2)11-5-4-9(6-10(11)18)17(22,23)24/h4-7H,3,8H2,1-2H3,(H,25,26,27,29). The van der Waals surface area contributed by atoms with Gasteiger partial charge in [-0.15, -0.1) is 0 Å². The van der Waals surface area contributed by atoms with E-state index in [0.29, 0.717) is 11.0 Å². The van der Waals surface area contributed by atoms with Crippen molar-refractivity contribution in [1.29, 1.82) is 0 Å². The van der Waals surface area contributed by atoms with E-state index in [9.17, 15) is 35.5 Å². The number of alkyl halides is 6. The Balaban J connectivity index is 2.22. The fraction of sp³-hybridized carbons (Fsp3) is 0.353. The summed E-state index contributed by atoms with van der Waals surface area (Å²) in [6.45, 7) is -0.0167. The van der Waals surface area contributed by atoms with Gasteiger partial charge in [-0.25, -0.2) is 9.18 Å². The van der Waals surface area contributed by atoms with E-state index in [2.05, 4.69) is 20.0 Å². The summed E-state index contributed by atoms with van der Waals surface area (Å²) in [7, 11) is 1.05. The van der Waals surface area contributed by atoms with Gasteiger partial charge in [0.2, 0.25) is 17.7 Å². The number of ether oxygens (including phenoxy) is 2. The number of hydrogen-bond acceptors (Lipinski definition) is 5. The second-order valence-electron chi connectivity index (χ2n) is 5.86. The molecule has 0 aliphatic rings. The maximum absolute atomic E-state index is 14.1. The Morgan fingerprint density at radius 1 is 1.06 bits per heavy atom. The van der Waals surface area contributed by atoms with Gasteiger partial charge in [-0.05, 0) is 25.1 Å². The molecule has 0 bridgehead atoms. The van der Waals surface area contributed by atoms with Crippen molar-refractivity contribution in [2.24, 2.45) is 0 Å². The van der Waals surface area contributed by atoms with Crippen LogP contribution in [0.2, 0.25) is 0 Å². The summed E-state index contributed by atoms with van der Waals surface area (Å²) < 4.78 is 98.6. The summed E-state index contributed by atoms with van der Waals surface area (Å²) in [6, 6.07) is 1.41. The Kier molecular flexibility index (Phi) is 7.13. The predicted molar refractivity (Wildman–Crippen MR) is 93.6 cm³/mol. The number of anilines is 2. The topological polar surface area (TPSA) is 76.6 Å². The van der Waals surface area contributed by atoms with Gasteiger partial charge < -0.3 is 9.47 Å². The molecule has 0 saturated carbocycles. The lowest BCUT2D eigenvalue weighted by Crippen LogP contribution is -2.32. The second-order valence-corrected chi connectivity index (χ2v) is 5.86. The van der Waals surface area contributed by atoms with Crippen molar-refractivity contribution >= 4 is 17.7 Å². The Bertz CT molecular complexity index is 935. The monoisotopic (exact) mass is 456 g/mol. The molecule has 1 aromatic carbocycles. The summed E-state index contributed by atoms with van der Waals surface area (Å²) in [5.41, 5.74) is -1.75. The number of halogens is 7. The lowest BCUT2D eigenvalue weighted by molar-refractivity contribution is -0.154. The van der Waals surface area contributed by atoms with Crippen LogP contribution in [0.5, 0.6) is 11.8 Å². The predicted octanol–water partition coefficient (Wildman–Crippen LogP) is 4.64. The van der Waals surface area contributed by atoms with Crippen LogP contribution in [-0.4, -0.2) is 42.4 Å². The van der Waals surface area contributed by atoms with Crippen LogP contribution >= 0.6 is 0 Å². The van der Waals surface area contributed by atoms with Gasteiger partial charge in [0.1, 0.15) is 5.82 Å². The first-order valence-electron chi connectivity index (χ1n) is 8.43. The molecule has 2 rings (SSSR count). The Labute approximate surface area is 170 Å². The Morgan fingerprint density at radius 2 is 1.68 bits per heavy atom. The van der Waals surface area contributed by atoms with Crippen molar-refractivity contribution in [1.82, 2.24) is 9.97 Å². The SMILES string of the molecule is CCOc1cc(OCC(F)(F)F)nc(NC(=O)N(C)c2ccc(C(F)(F)F)cc2F)n1. The number of nitrogens with zero attached hydrogens (tertiary/aromatic N) is 3. The maximum atomic E-state index is 14.1. The molecule has 0 spiro atoms. The summed E-state index contributed by atoms with van der Waals surface area (Å²) in [5, 5.41) is 2.08. The summed E-state index contributed by atoms with van der Waals surface area (Å²) in [6.07, 6.45) is -9.43. The molecular weight excluding hydrogens is 441 g/mol. The average molecular weight is 456 g/mol. The van der Waals surface area contributed by atoms with E-state index in [-0.39, 0.29) is 18.6 Å². The highest BCUT2D eigenvalue weighted by Gasteiger charge is 2.32. The number of nitrogens with one attached hydrogen (secondary N) is 1. The number of carbonyl (C=O) groups excluding carboxylic acids is 1. The molecule has 2 aromatic rings. The fourth-order valence-corrected chi connectivity index (χ4v) is 2.16. The molecule has 0 saturated heterocycles. The lowest BCUT2D eigenvalue weighted by atomic mass is 10.2. The number of aromatic nitrogens is 2. The van der Waals surface area contributed by atoms with Crippen LogP contribution in [0.25, 0.3) is 0 Å². The van der Waals surface area contributed by atoms with E-state index in [1.807, 2.05) is 0 Å². The third-order valence-corrected chi connectivity index (χ3v) is 3.51. The van der Waals surface area contributed by atoms with Crippen LogP contribution < -0.4 is 19.7 Å². The van der Waals surface area contributed by atoms with Gasteiger partial charge in [0.15, 0.2) is 6.61 Å². The van der Waals surface area contributed by atoms with Gasteiger partial charge in [0.05, 0.1) is 23.9 Å². The number of hydrogen-bond donors (Lipinski definition) is 1. The number of amides is 2. The van der Waals surface area contributed by atoms with E-state index < -0.39 is 53.9 Å². The minimum Gasteiger partial charge on any atom is -0.478 e. The lowest BCUT2D eigenvalue weighted by Gasteiger charge is -2.19. The quantitative estimate of drug-likeness (QED) is 0.641.